The van der Waals surface area contributed by atoms with Crippen molar-refractivity contribution < 1.29 is 5.11 Å². The van der Waals surface area contributed by atoms with Crippen LogP contribution in [0.25, 0.3) is 0 Å². The van der Waals surface area contributed by atoms with Crippen LogP contribution < -0.4 is 0 Å². The first kappa shape index (κ1) is 11.3. The zero-order valence-electron chi connectivity index (χ0n) is 10.4. The summed E-state index contributed by atoms with van der Waals surface area (Å²) in [5.41, 5.74) is 1.47. The highest BCUT2D eigenvalue weighted by Crippen LogP contribution is 2.52. The van der Waals surface area contributed by atoms with Gasteiger partial charge in [-0.1, -0.05) is 56.0 Å². The molecule has 2 fully saturated rings. The molecule has 1 N–H and O–H groups in total. The van der Waals surface area contributed by atoms with Crippen molar-refractivity contribution in [1.82, 2.24) is 0 Å². The van der Waals surface area contributed by atoms with Gasteiger partial charge in [-0.25, -0.2) is 0 Å². The third-order valence-corrected chi connectivity index (χ3v) is 4.81. The molecule has 0 amide bonds. The minimum Gasteiger partial charge on any atom is -0.392 e. The number of aliphatic hydroxyl groups excluding tert-OH is 1. The normalized spacial score (nSPS) is 24.8. The van der Waals surface area contributed by atoms with Crippen molar-refractivity contribution in [1.29, 1.82) is 0 Å². The van der Waals surface area contributed by atoms with Gasteiger partial charge < -0.3 is 5.11 Å². The van der Waals surface area contributed by atoms with Crippen molar-refractivity contribution in [3.05, 3.63) is 35.9 Å². The predicted octanol–water partition coefficient (Wildman–Crippen LogP) is 3.66. The Kier molecular flexibility index (Phi) is 2.96. The summed E-state index contributed by atoms with van der Waals surface area (Å²) >= 11 is 0. The summed E-state index contributed by atoms with van der Waals surface area (Å²) in [5, 5.41) is 10.6. The minimum atomic E-state index is -0.118. The van der Waals surface area contributed by atoms with Crippen LogP contribution in [-0.2, 0) is 5.41 Å². The van der Waals surface area contributed by atoms with Crippen molar-refractivity contribution >= 4 is 0 Å². The second kappa shape index (κ2) is 4.45. The number of aliphatic hydroxyl groups is 1. The van der Waals surface area contributed by atoms with Gasteiger partial charge in [0.2, 0.25) is 0 Å². The maximum atomic E-state index is 10.6. The molecule has 92 valence electrons. The monoisotopic (exact) mass is 230 g/mol. The Labute approximate surface area is 104 Å². The third kappa shape index (κ3) is 2.13. The van der Waals surface area contributed by atoms with E-state index in [2.05, 4.69) is 30.3 Å². The molecule has 1 nitrogen and oxygen atoms in total. The van der Waals surface area contributed by atoms with E-state index in [9.17, 15) is 5.11 Å². The van der Waals surface area contributed by atoms with E-state index in [0.29, 0.717) is 0 Å². The third-order valence-electron chi connectivity index (χ3n) is 4.81. The van der Waals surface area contributed by atoms with E-state index in [-0.39, 0.29) is 11.5 Å². The molecule has 1 heteroatoms. The fourth-order valence-electron chi connectivity index (χ4n) is 3.51. The van der Waals surface area contributed by atoms with Crippen LogP contribution in [0.4, 0.5) is 0 Å². The fraction of sp³-hybridized carbons (Fsp3) is 0.625. The van der Waals surface area contributed by atoms with Gasteiger partial charge in [0.25, 0.3) is 0 Å². The van der Waals surface area contributed by atoms with E-state index >= 15 is 0 Å². The SMILES string of the molecule is OC(CC1CCCC1)C1(c2ccccc2)CC1. The molecule has 1 aromatic rings. The van der Waals surface area contributed by atoms with Crippen molar-refractivity contribution in [2.24, 2.45) is 5.92 Å². The summed E-state index contributed by atoms with van der Waals surface area (Å²) in [4.78, 5) is 0. The first-order valence-corrected chi connectivity index (χ1v) is 7.05. The van der Waals surface area contributed by atoms with E-state index in [1.807, 2.05) is 0 Å². The highest BCUT2D eigenvalue weighted by atomic mass is 16.3. The topological polar surface area (TPSA) is 20.2 Å². The molecule has 2 aliphatic carbocycles. The van der Waals surface area contributed by atoms with Crippen LogP contribution in [0.2, 0.25) is 0 Å². The largest absolute Gasteiger partial charge is 0.392 e. The lowest BCUT2D eigenvalue weighted by molar-refractivity contribution is 0.103. The molecule has 0 saturated heterocycles. The van der Waals surface area contributed by atoms with Gasteiger partial charge in [0.05, 0.1) is 6.10 Å². The van der Waals surface area contributed by atoms with E-state index < -0.39 is 0 Å². The Morgan fingerprint density at radius 2 is 1.76 bits per heavy atom. The highest BCUT2D eigenvalue weighted by Gasteiger charge is 2.50. The Bertz CT molecular complexity index is 360. The van der Waals surface area contributed by atoms with Gasteiger partial charge in [0.1, 0.15) is 0 Å². The maximum absolute atomic E-state index is 10.6. The molecule has 0 bridgehead atoms. The molecule has 1 aromatic carbocycles. The van der Waals surface area contributed by atoms with Crippen LogP contribution in [-0.4, -0.2) is 11.2 Å². The number of hydrogen-bond acceptors (Lipinski definition) is 1. The molecule has 0 spiro atoms. The Morgan fingerprint density at radius 1 is 1.12 bits per heavy atom. The molecule has 0 heterocycles. The van der Waals surface area contributed by atoms with Gasteiger partial charge in [-0.05, 0) is 30.7 Å². The fourth-order valence-corrected chi connectivity index (χ4v) is 3.51. The number of benzene rings is 1. The molecule has 2 aliphatic rings. The predicted molar refractivity (Wildman–Crippen MR) is 69.9 cm³/mol. The smallest absolute Gasteiger partial charge is 0.0639 e. The Morgan fingerprint density at radius 3 is 2.35 bits per heavy atom. The van der Waals surface area contributed by atoms with E-state index in [1.165, 1.54) is 44.1 Å². The van der Waals surface area contributed by atoms with Crippen molar-refractivity contribution in [3.63, 3.8) is 0 Å². The van der Waals surface area contributed by atoms with Crippen LogP contribution in [0.3, 0.4) is 0 Å². The van der Waals surface area contributed by atoms with Gasteiger partial charge in [-0.15, -0.1) is 0 Å². The molecule has 0 radical (unpaired) electrons. The quantitative estimate of drug-likeness (QED) is 0.837. The second-order valence-electron chi connectivity index (χ2n) is 5.92. The van der Waals surface area contributed by atoms with Gasteiger partial charge in [0.15, 0.2) is 0 Å². The first-order valence-electron chi connectivity index (χ1n) is 7.05. The average Bonchev–Trinajstić information content (AvgIpc) is 3.04. The second-order valence-corrected chi connectivity index (χ2v) is 5.92. The molecule has 1 unspecified atom stereocenters. The Hall–Kier alpha value is -0.820. The van der Waals surface area contributed by atoms with Crippen LogP contribution in [0.1, 0.15) is 50.5 Å². The number of rotatable bonds is 4. The molecule has 2 saturated carbocycles. The van der Waals surface area contributed by atoms with Gasteiger partial charge in [-0.3, -0.25) is 0 Å². The van der Waals surface area contributed by atoms with Crippen LogP contribution in [0, 0.1) is 5.92 Å². The lowest BCUT2D eigenvalue weighted by atomic mass is 9.84. The highest BCUT2D eigenvalue weighted by molar-refractivity contribution is 5.32. The molecule has 0 aromatic heterocycles. The Balaban J connectivity index is 1.70. The summed E-state index contributed by atoms with van der Waals surface area (Å²) in [6.07, 6.45) is 8.66. The molecule has 1 atom stereocenters. The van der Waals surface area contributed by atoms with Crippen molar-refractivity contribution in [2.75, 3.05) is 0 Å². The molecular formula is C16H22O. The van der Waals surface area contributed by atoms with E-state index in [1.54, 1.807) is 0 Å². The van der Waals surface area contributed by atoms with Gasteiger partial charge >= 0.3 is 0 Å². The maximum Gasteiger partial charge on any atom is 0.0639 e. The van der Waals surface area contributed by atoms with Gasteiger partial charge in [-0.2, -0.15) is 0 Å². The zero-order valence-corrected chi connectivity index (χ0v) is 10.4. The lowest BCUT2D eigenvalue weighted by Crippen LogP contribution is -2.28. The van der Waals surface area contributed by atoms with E-state index in [4.69, 9.17) is 0 Å². The summed E-state index contributed by atoms with van der Waals surface area (Å²) in [7, 11) is 0. The lowest BCUT2D eigenvalue weighted by Gasteiger charge is -2.25. The first-order chi connectivity index (χ1) is 8.31. The molecule has 17 heavy (non-hydrogen) atoms. The zero-order chi connectivity index (χ0) is 11.7. The van der Waals surface area contributed by atoms with E-state index in [0.717, 1.165) is 12.3 Å². The summed E-state index contributed by atoms with van der Waals surface area (Å²) in [5.74, 6) is 0.784. The standard InChI is InChI=1S/C16H22O/c17-15(12-13-6-4-5-7-13)16(10-11-16)14-8-2-1-3-9-14/h1-3,8-9,13,15,17H,4-7,10-12H2. The molecular weight excluding hydrogens is 208 g/mol. The summed E-state index contributed by atoms with van der Waals surface area (Å²) in [6.45, 7) is 0. The van der Waals surface area contributed by atoms with Crippen LogP contribution in [0.5, 0.6) is 0 Å². The van der Waals surface area contributed by atoms with Crippen molar-refractivity contribution in [2.45, 2.75) is 56.5 Å². The molecule has 3 rings (SSSR count). The minimum absolute atomic E-state index is 0.115. The number of hydrogen-bond donors (Lipinski definition) is 1. The van der Waals surface area contributed by atoms with Crippen LogP contribution in [0.15, 0.2) is 30.3 Å². The summed E-state index contributed by atoms with van der Waals surface area (Å²) < 4.78 is 0. The van der Waals surface area contributed by atoms with Crippen molar-refractivity contribution in [3.8, 4) is 0 Å². The van der Waals surface area contributed by atoms with Gasteiger partial charge in [0, 0.05) is 5.41 Å². The van der Waals surface area contributed by atoms with Crippen LogP contribution >= 0.6 is 0 Å². The summed E-state index contributed by atoms with van der Waals surface area (Å²) in [6, 6.07) is 10.6. The molecule has 0 aliphatic heterocycles. The average molecular weight is 230 g/mol.